The van der Waals surface area contributed by atoms with Crippen LogP contribution in [0, 0.1) is 0 Å². The molecule has 2 unspecified atom stereocenters. The van der Waals surface area contributed by atoms with Crippen molar-refractivity contribution in [3.05, 3.63) is 0 Å². The van der Waals surface area contributed by atoms with Crippen molar-refractivity contribution in [3.8, 4) is 0 Å². The van der Waals surface area contributed by atoms with Gasteiger partial charge in [-0.1, -0.05) is 0 Å². The Bertz CT molecular complexity index is 179. The number of aliphatic hydroxyl groups is 1. The smallest absolute Gasteiger partial charge is 0.308 e. The van der Waals surface area contributed by atoms with Crippen molar-refractivity contribution in [1.29, 1.82) is 0 Å². The van der Waals surface area contributed by atoms with Gasteiger partial charge in [0.1, 0.15) is 6.10 Å². The van der Waals surface area contributed by atoms with E-state index < -0.39 is 5.60 Å². The van der Waals surface area contributed by atoms with Gasteiger partial charge >= 0.3 is 5.97 Å². The molecule has 0 aromatic carbocycles. The topological polar surface area (TPSA) is 72.5 Å². The summed E-state index contributed by atoms with van der Waals surface area (Å²) in [6.45, 7) is 2.13. The molecule has 12 heavy (non-hydrogen) atoms. The molecular weight excluding hydrogens is 158 g/mol. The second-order valence-electron chi connectivity index (χ2n) is 3.57. The summed E-state index contributed by atoms with van der Waals surface area (Å²) in [6, 6.07) is 0. The van der Waals surface area contributed by atoms with Crippen LogP contribution < -0.4 is 5.73 Å². The minimum Gasteiger partial charge on any atom is -0.462 e. The van der Waals surface area contributed by atoms with Gasteiger partial charge in [-0.15, -0.1) is 0 Å². The van der Waals surface area contributed by atoms with Crippen LogP contribution in [0.4, 0.5) is 0 Å². The molecule has 0 saturated carbocycles. The molecule has 1 rings (SSSR count). The Labute approximate surface area is 71.7 Å². The van der Waals surface area contributed by atoms with Crippen molar-refractivity contribution in [2.75, 3.05) is 6.54 Å². The van der Waals surface area contributed by atoms with Gasteiger partial charge in [0, 0.05) is 6.42 Å². The van der Waals surface area contributed by atoms with Gasteiger partial charge in [-0.2, -0.15) is 0 Å². The van der Waals surface area contributed by atoms with Crippen LogP contribution >= 0.6 is 0 Å². The zero-order valence-corrected chi connectivity index (χ0v) is 7.25. The highest BCUT2D eigenvalue weighted by molar-refractivity contribution is 5.71. The molecule has 1 saturated heterocycles. The Hall–Kier alpha value is -0.610. The van der Waals surface area contributed by atoms with E-state index in [2.05, 4.69) is 0 Å². The molecular formula is C8H15NO3. The van der Waals surface area contributed by atoms with E-state index in [1.54, 1.807) is 6.92 Å². The van der Waals surface area contributed by atoms with Crippen molar-refractivity contribution in [1.82, 2.24) is 0 Å². The van der Waals surface area contributed by atoms with Crippen LogP contribution in [0.2, 0.25) is 0 Å². The molecule has 0 aliphatic carbocycles. The molecule has 0 amide bonds. The van der Waals surface area contributed by atoms with Crippen LogP contribution in [0.25, 0.3) is 0 Å². The second-order valence-corrected chi connectivity index (χ2v) is 3.57. The SMILES string of the molecule is CC1(O)CC(=O)OC(CCN)C1. The van der Waals surface area contributed by atoms with Gasteiger partial charge in [-0.25, -0.2) is 0 Å². The zero-order valence-electron chi connectivity index (χ0n) is 7.25. The van der Waals surface area contributed by atoms with E-state index in [4.69, 9.17) is 10.5 Å². The third kappa shape index (κ3) is 2.46. The molecule has 0 aromatic heterocycles. The van der Waals surface area contributed by atoms with Crippen molar-refractivity contribution >= 4 is 5.97 Å². The Balaban J connectivity index is 2.51. The highest BCUT2D eigenvalue weighted by atomic mass is 16.5. The van der Waals surface area contributed by atoms with Gasteiger partial charge in [0.15, 0.2) is 0 Å². The molecule has 70 valence electrons. The summed E-state index contributed by atoms with van der Waals surface area (Å²) in [5, 5.41) is 9.60. The first-order chi connectivity index (χ1) is 5.53. The van der Waals surface area contributed by atoms with Gasteiger partial charge < -0.3 is 15.6 Å². The van der Waals surface area contributed by atoms with Gasteiger partial charge in [-0.3, -0.25) is 4.79 Å². The summed E-state index contributed by atoms with van der Waals surface area (Å²) < 4.78 is 4.98. The fourth-order valence-corrected chi connectivity index (χ4v) is 1.49. The first-order valence-corrected chi connectivity index (χ1v) is 4.15. The van der Waals surface area contributed by atoms with E-state index in [9.17, 15) is 9.90 Å². The summed E-state index contributed by atoms with van der Waals surface area (Å²) in [5.41, 5.74) is 4.41. The van der Waals surface area contributed by atoms with E-state index in [0.717, 1.165) is 0 Å². The van der Waals surface area contributed by atoms with Gasteiger partial charge in [0.05, 0.1) is 12.0 Å². The molecule has 3 N–H and O–H groups in total. The Kier molecular flexibility index (Phi) is 2.69. The lowest BCUT2D eigenvalue weighted by Gasteiger charge is -2.32. The molecule has 1 aliphatic heterocycles. The number of rotatable bonds is 2. The van der Waals surface area contributed by atoms with Crippen LogP contribution in [-0.4, -0.2) is 29.3 Å². The average molecular weight is 173 g/mol. The van der Waals surface area contributed by atoms with Crippen molar-refractivity contribution < 1.29 is 14.6 Å². The first-order valence-electron chi connectivity index (χ1n) is 4.15. The molecule has 2 atom stereocenters. The summed E-state index contributed by atoms with van der Waals surface area (Å²) in [7, 11) is 0. The monoisotopic (exact) mass is 173 g/mol. The number of esters is 1. The number of nitrogens with two attached hydrogens (primary N) is 1. The number of carbonyl (C=O) groups is 1. The zero-order chi connectivity index (χ0) is 9.19. The van der Waals surface area contributed by atoms with Crippen LogP contribution in [0.3, 0.4) is 0 Å². The molecule has 0 radical (unpaired) electrons. The van der Waals surface area contributed by atoms with Gasteiger partial charge in [0.2, 0.25) is 0 Å². The maximum atomic E-state index is 10.9. The van der Waals surface area contributed by atoms with E-state index >= 15 is 0 Å². The highest BCUT2D eigenvalue weighted by Gasteiger charge is 2.35. The molecule has 0 spiro atoms. The van der Waals surface area contributed by atoms with Gasteiger partial charge in [-0.05, 0) is 19.9 Å². The van der Waals surface area contributed by atoms with Crippen molar-refractivity contribution in [2.45, 2.75) is 37.9 Å². The Morgan fingerprint density at radius 3 is 3.00 bits per heavy atom. The molecule has 1 heterocycles. The predicted octanol–water partition coefficient (Wildman–Crippen LogP) is -0.208. The minimum absolute atomic E-state index is 0.0913. The maximum absolute atomic E-state index is 10.9. The number of hydrogen-bond acceptors (Lipinski definition) is 4. The standard InChI is InChI=1S/C8H15NO3/c1-8(11)4-6(2-3-9)12-7(10)5-8/h6,11H,2-5,9H2,1H3. The second kappa shape index (κ2) is 3.41. The summed E-state index contributed by atoms with van der Waals surface area (Å²) >= 11 is 0. The fourth-order valence-electron chi connectivity index (χ4n) is 1.49. The summed E-state index contributed by atoms with van der Waals surface area (Å²) in [6.07, 6.45) is 1.01. The largest absolute Gasteiger partial charge is 0.462 e. The highest BCUT2D eigenvalue weighted by Crippen LogP contribution is 2.26. The number of ether oxygens (including phenoxy) is 1. The van der Waals surface area contributed by atoms with E-state index in [1.165, 1.54) is 0 Å². The lowest BCUT2D eigenvalue weighted by molar-refractivity contribution is -0.168. The summed E-state index contributed by atoms with van der Waals surface area (Å²) in [4.78, 5) is 10.9. The quantitative estimate of drug-likeness (QED) is 0.567. The van der Waals surface area contributed by atoms with Crippen molar-refractivity contribution in [2.24, 2.45) is 5.73 Å². The predicted molar refractivity (Wildman–Crippen MR) is 43.4 cm³/mol. The molecule has 4 heteroatoms. The van der Waals surface area contributed by atoms with E-state index in [0.29, 0.717) is 19.4 Å². The minimum atomic E-state index is -0.908. The molecule has 1 fully saturated rings. The van der Waals surface area contributed by atoms with Crippen LogP contribution in [0.1, 0.15) is 26.2 Å². The Morgan fingerprint density at radius 2 is 2.50 bits per heavy atom. The summed E-state index contributed by atoms with van der Waals surface area (Å²) in [5.74, 6) is -0.329. The number of hydrogen-bond donors (Lipinski definition) is 2. The lowest BCUT2D eigenvalue weighted by Crippen LogP contribution is -2.41. The van der Waals surface area contributed by atoms with E-state index in [1.807, 2.05) is 0 Å². The number of cyclic esters (lactones) is 1. The lowest BCUT2D eigenvalue weighted by atomic mass is 9.91. The van der Waals surface area contributed by atoms with Crippen molar-refractivity contribution in [3.63, 3.8) is 0 Å². The first kappa shape index (κ1) is 9.48. The maximum Gasteiger partial charge on any atom is 0.308 e. The average Bonchev–Trinajstić information content (AvgIpc) is 1.82. The third-order valence-electron chi connectivity index (χ3n) is 1.98. The molecule has 4 nitrogen and oxygen atoms in total. The van der Waals surface area contributed by atoms with Crippen LogP contribution in [0.15, 0.2) is 0 Å². The fraction of sp³-hybridized carbons (Fsp3) is 0.875. The molecule has 0 aromatic rings. The van der Waals surface area contributed by atoms with Crippen LogP contribution in [-0.2, 0) is 9.53 Å². The molecule has 1 aliphatic rings. The molecule has 0 bridgehead atoms. The van der Waals surface area contributed by atoms with E-state index in [-0.39, 0.29) is 18.5 Å². The van der Waals surface area contributed by atoms with Gasteiger partial charge in [0.25, 0.3) is 0 Å². The Morgan fingerprint density at radius 1 is 1.83 bits per heavy atom. The number of carbonyl (C=O) groups excluding carboxylic acids is 1. The third-order valence-corrected chi connectivity index (χ3v) is 1.98. The normalized spacial score (nSPS) is 36.2. The van der Waals surface area contributed by atoms with Crippen LogP contribution in [0.5, 0.6) is 0 Å².